The van der Waals surface area contributed by atoms with Gasteiger partial charge in [0, 0.05) is 23.2 Å². The van der Waals surface area contributed by atoms with Gasteiger partial charge in [-0.1, -0.05) is 48.5 Å². The summed E-state index contributed by atoms with van der Waals surface area (Å²) in [5.41, 5.74) is 2.75. The Hall–Kier alpha value is -3.73. The van der Waals surface area contributed by atoms with Crippen molar-refractivity contribution >= 4 is 23.3 Å². The van der Waals surface area contributed by atoms with Gasteiger partial charge in [0.1, 0.15) is 0 Å². The molecule has 0 heterocycles. The highest BCUT2D eigenvalue weighted by molar-refractivity contribution is 6.06. The summed E-state index contributed by atoms with van der Waals surface area (Å²) in [7, 11) is 0. The van der Waals surface area contributed by atoms with Crippen LogP contribution < -0.4 is 5.32 Å². The minimum Gasteiger partial charge on any atom is -0.450 e. The zero-order valence-corrected chi connectivity index (χ0v) is 14.9. The first-order valence-electron chi connectivity index (χ1n) is 8.91. The number of carbonyl (C=O) groups is 3. The molecule has 1 unspecified atom stereocenters. The number of amides is 1. The molecule has 1 amide bonds. The Morgan fingerprint density at radius 1 is 0.857 bits per heavy atom. The Kier molecular flexibility index (Phi) is 4.72. The van der Waals surface area contributed by atoms with Crippen LogP contribution in [0.25, 0.3) is 0 Å². The number of nitrogens with one attached hydrogen (secondary N) is 1. The third-order valence-electron chi connectivity index (χ3n) is 4.62. The Bertz CT molecular complexity index is 1060. The van der Waals surface area contributed by atoms with E-state index in [1.54, 1.807) is 54.6 Å². The van der Waals surface area contributed by atoms with Crippen molar-refractivity contribution in [2.24, 2.45) is 0 Å². The second kappa shape index (κ2) is 7.48. The first-order chi connectivity index (χ1) is 13.6. The van der Waals surface area contributed by atoms with Crippen molar-refractivity contribution in [1.82, 2.24) is 0 Å². The lowest BCUT2D eigenvalue weighted by atomic mass is 10.1. The standard InChI is InChI=1S/C23H17NO4/c25-21-19-12-5-4-9-16(19)14-20(21)28-23(27)17-10-6-11-18(13-17)24-22(26)15-7-2-1-3-8-15/h1-13,20H,14H2,(H,24,26). The molecule has 0 saturated heterocycles. The topological polar surface area (TPSA) is 72.5 Å². The summed E-state index contributed by atoms with van der Waals surface area (Å²) in [6.45, 7) is 0. The van der Waals surface area contributed by atoms with E-state index in [0.717, 1.165) is 5.56 Å². The predicted octanol–water partition coefficient (Wildman–Crippen LogP) is 3.90. The lowest BCUT2D eigenvalue weighted by Gasteiger charge is -2.11. The summed E-state index contributed by atoms with van der Waals surface area (Å²) >= 11 is 0. The number of carbonyl (C=O) groups excluding carboxylic acids is 3. The summed E-state index contributed by atoms with van der Waals surface area (Å²) in [5, 5.41) is 2.76. The molecule has 0 spiro atoms. The fourth-order valence-electron chi connectivity index (χ4n) is 3.21. The van der Waals surface area contributed by atoms with E-state index in [9.17, 15) is 14.4 Å². The van der Waals surface area contributed by atoms with Gasteiger partial charge in [-0.15, -0.1) is 0 Å². The van der Waals surface area contributed by atoms with Crippen molar-refractivity contribution < 1.29 is 19.1 Å². The molecular formula is C23H17NO4. The molecule has 1 N–H and O–H groups in total. The highest BCUT2D eigenvalue weighted by Gasteiger charge is 2.33. The van der Waals surface area contributed by atoms with Crippen molar-refractivity contribution in [2.45, 2.75) is 12.5 Å². The van der Waals surface area contributed by atoms with E-state index in [0.29, 0.717) is 23.2 Å². The van der Waals surface area contributed by atoms with Gasteiger partial charge in [0.2, 0.25) is 5.78 Å². The van der Waals surface area contributed by atoms with E-state index in [4.69, 9.17) is 4.74 Å². The summed E-state index contributed by atoms with van der Waals surface area (Å²) in [6.07, 6.45) is -0.432. The summed E-state index contributed by atoms with van der Waals surface area (Å²) < 4.78 is 5.44. The summed E-state index contributed by atoms with van der Waals surface area (Å²) in [5.74, 6) is -1.05. The summed E-state index contributed by atoms with van der Waals surface area (Å²) in [6, 6.07) is 22.5. The zero-order valence-electron chi connectivity index (χ0n) is 14.9. The number of esters is 1. The van der Waals surface area contributed by atoms with Gasteiger partial charge in [-0.2, -0.15) is 0 Å². The van der Waals surface area contributed by atoms with Gasteiger partial charge in [-0.05, 0) is 35.9 Å². The van der Waals surface area contributed by atoms with Crippen LogP contribution in [0.2, 0.25) is 0 Å². The molecular weight excluding hydrogens is 354 g/mol. The van der Waals surface area contributed by atoms with Gasteiger partial charge < -0.3 is 10.1 Å². The number of anilines is 1. The Balaban J connectivity index is 1.45. The molecule has 3 aromatic rings. The van der Waals surface area contributed by atoms with E-state index in [1.165, 1.54) is 6.07 Å². The van der Waals surface area contributed by atoms with Crippen LogP contribution in [-0.4, -0.2) is 23.8 Å². The maximum absolute atomic E-state index is 12.5. The molecule has 138 valence electrons. The maximum atomic E-state index is 12.5. The average molecular weight is 371 g/mol. The van der Waals surface area contributed by atoms with Crippen molar-refractivity contribution in [3.05, 3.63) is 101 Å². The van der Waals surface area contributed by atoms with Gasteiger partial charge in [0.25, 0.3) is 5.91 Å². The van der Waals surface area contributed by atoms with E-state index in [2.05, 4.69) is 5.32 Å². The van der Waals surface area contributed by atoms with Gasteiger partial charge >= 0.3 is 5.97 Å². The number of ether oxygens (including phenoxy) is 1. The minimum atomic E-state index is -0.813. The first kappa shape index (κ1) is 17.7. The fourth-order valence-corrected chi connectivity index (χ4v) is 3.21. The Morgan fingerprint density at radius 2 is 1.57 bits per heavy atom. The van der Waals surface area contributed by atoms with Crippen LogP contribution in [0, 0.1) is 0 Å². The highest BCUT2D eigenvalue weighted by atomic mass is 16.5. The molecule has 0 bridgehead atoms. The van der Waals surface area contributed by atoms with E-state index < -0.39 is 12.1 Å². The minimum absolute atomic E-state index is 0.183. The smallest absolute Gasteiger partial charge is 0.338 e. The number of hydrogen-bond acceptors (Lipinski definition) is 4. The highest BCUT2D eigenvalue weighted by Crippen LogP contribution is 2.25. The van der Waals surface area contributed by atoms with Gasteiger partial charge in [-0.3, -0.25) is 9.59 Å². The maximum Gasteiger partial charge on any atom is 0.338 e. The predicted molar refractivity (Wildman–Crippen MR) is 105 cm³/mol. The molecule has 1 aliphatic carbocycles. The van der Waals surface area contributed by atoms with Crippen molar-refractivity contribution in [3.63, 3.8) is 0 Å². The lowest BCUT2D eigenvalue weighted by molar-refractivity contribution is 0.0304. The molecule has 5 nitrogen and oxygen atoms in total. The van der Waals surface area contributed by atoms with Crippen molar-refractivity contribution in [2.75, 3.05) is 5.32 Å². The molecule has 0 aliphatic heterocycles. The molecule has 28 heavy (non-hydrogen) atoms. The van der Waals surface area contributed by atoms with Gasteiger partial charge in [0.05, 0.1) is 5.56 Å². The third-order valence-corrected chi connectivity index (χ3v) is 4.62. The van der Waals surface area contributed by atoms with Gasteiger partial charge in [-0.25, -0.2) is 4.79 Å². The molecule has 5 heteroatoms. The Morgan fingerprint density at radius 3 is 2.36 bits per heavy atom. The molecule has 1 aliphatic rings. The number of Topliss-reactive ketones (excluding diaryl/α,β-unsaturated/α-hetero) is 1. The number of hydrogen-bond donors (Lipinski definition) is 1. The second-order valence-corrected chi connectivity index (χ2v) is 6.52. The molecule has 0 radical (unpaired) electrons. The van der Waals surface area contributed by atoms with Crippen molar-refractivity contribution in [3.8, 4) is 0 Å². The molecule has 1 atom stereocenters. The molecule has 0 fully saturated rings. The van der Waals surface area contributed by atoms with E-state index in [1.807, 2.05) is 18.2 Å². The van der Waals surface area contributed by atoms with Gasteiger partial charge in [0.15, 0.2) is 6.10 Å². The first-order valence-corrected chi connectivity index (χ1v) is 8.91. The number of rotatable bonds is 4. The third kappa shape index (κ3) is 3.55. The van der Waals surface area contributed by atoms with E-state index in [-0.39, 0.29) is 17.3 Å². The Labute approximate surface area is 162 Å². The van der Waals surface area contributed by atoms with Crippen LogP contribution in [-0.2, 0) is 11.2 Å². The van der Waals surface area contributed by atoms with Crippen LogP contribution >= 0.6 is 0 Å². The van der Waals surface area contributed by atoms with Crippen molar-refractivity contribution in [1.29, 1.82) is 0 Å². The van der Waals surface area contributed by atoms with Crippen LogP contribution in [0.3, 0.4) is 0 Å². The quantitative estimate of drug-likeness (QED) is 0.706. The monoisotopic (exact) mass is 371 g/mol. The average Bonchev–Trinajstić information content (AvgIpc) is 3.04. The molecule has 4 rings (SSSR count). The zero-order chi connectivity index (χ0) is 19.5. The molecule has 3 aromatic carbocycles. The number of benzene rings is 3. The molecule has 0 aromatic heterocycles. The second-order valence-electron chi connectivity index (χ2n) is 6.52. The number of fused-ring (bicyclic) bond motifs is 1. The largest absolute Gasteiger partial charge is 0.450 e. The fraction of sp³-hybridized carbons (Fsp3) is 0.0870. The lowest BCUT2D eigenvalue weighted by Crippen LogP contribution is -2.24. The SMILES string of the molecule is O=C(Nc1cccc(C(=O)OC2Cc3ccccc3C2=O)c1)c1ccccc1. The number of ketones is 1. The van der Waals surface area contributed by atoms with Crippen LogP contribution in [0.15, 0.2) is 78.9 Å². The van der Waals surface area contributed by atoms with Crippen LogP contribution in [0.4, 0.5) is 5.69 Å². The summed E-state index contributed by atoms with van der Waals surface area (Å²) in [4.78, 5) is 37.2. The normalized spacial score (nSPS) is 15.0. The molecule has 0 saturated carbocycles. The van der Waals surface area contributed by atoms with Crippen LogP contribution in [0.5, 0.6) is 0 Å². The van der Waals surface area contributed by atoms with Crippen LogP contribution in [0.1, 0.15) is 36.6 Å². The van der Waals surface area contributed by atoms with E-state index >= 15 is 0 Å².